The van der Waals surface area contributed by atoms with Crippen LogP contribution in [0.5, 0.6) is 0 Å². The van der Waals surface area contributed by atoms with Crippen molar-refractivity contribution in [3.05, 3.63) is 0 Å². The summed E-state index contributed by atoms with van der Waals surface area (Å²) in [6.07, 6.45) is 2.32. The average Bonchev–Trinajstić information content (AvgIpc) is 2.26. The van der Waals surface area contributed by atoms with Gasteiger partial charge in [-0.1, -0.05) is 34.1 Å². The van der Waals surface area contributed by atoms with Gasteiger partial charge >= 0.3 is 0 Å². The molecule has 1 atom stereocenters. The summed E-state index contributed by atoms with van der Waals surface area (Å²) in [6, 6.07) is 0. The van der Waals surface area contributed by atoms with Crippen LogP contribution in [0.2, 0.25) is 18.1 Å². The Kier molecular flexibility index (Phi) is 7.25. The van der Waals surface area contributed by atoms with Crippen LogP contribution < -0.4 is 0 Å². The van der Waals surface area contributed by atoms with Gasteiger partial charge in [-0.15, -0.1) is 0 Å². The largest absolute Gasteiger partial charge is 0.413 e. The maximum atomic E-state index is 11.9. The molecule has 0 heterocycles. The molecule has 0 saturated carbocycles. The Morgan fingerprint density at radius 2 is 1.84 bits per heavy atom. The molecule has 0 aliphatic carbocycles. The van der Waals surface area contributed by atoms with Crippen LogP contribution in [-0.4, -0.2) is 39.5 Å². The second-order valence-electron chi connectivity index (χ2n) is 6.57. The molecule has 0 aliphatic rings. The third-order valence-electron chi connectivity index (χ3n) is 3.91. The topological polar surface area (TPSA) is 38.8 Å². The summed E-state index contributed by atoms with van der Waals surface area (Å²) in [5, 5.41) is 1.44. The van der Waals surface area contributed by atoms with Crippen molar-refractivity contribution in [1.29, 1.82) is 0 Å². The molecule has 0 bridgehead atoms. The molecule has 0 saturated heterocycles. The number of hydrogen-bond acceptors (Lipinski definition) is 3. The zero-order chi connectivity index (χ0) is 15.3. The van der Waals surface area contributed by atoms with E-state index in [9.17, 15) is 4.79 Å². The highest BCUT2D eigenvalue weighted by Crippen LogP contribution is 2.38. The van der Waals surface area contributed by atoms with Crippen LogP contribution in [-0.2, 0) is 14.1 Å². The van der Waals surface area contributed by atoms with Gasteiger partial charge in [0.1, 0.15) is 0 Å². The van der Waals surface area contributed by atoms with E-state index in [2.05, 4.69) is 40.8 Å². The summed E-state index contributed by atoms with van der Waals surface area (Å²) >= 11 is 0. The van der Waals surface area contributed by atoms with Gasteiger partial charge in [-0.2, -0.15) is 0 Å². The molecule has 0 unspecified atom stereocenters. The summed E-state index contributed by atoms with van der Waals surface area (Å²) in [4.78, 5) is 16.9. The van der Waals surface area contributed by atoms with Crippen LogP contribution in [0.25, 0.3) is 0 Å². The molecule has 0 aromatic rings. The van der Waals surface area contributed by atoms with Gasteiger partial charge in [0, 0.05) is 7.05 Å². The van der Waals surface area contributed by atoms with Crippen molar-refractivity contribution in [2.75, 3.05) is 14.2 Å². The Hall–Kier alpha value is -0.393. The number of carbonyl (C=O) groups excluding carboxylic acids is 1. The van der Waals surface area contributed by atoms with Crippen molar-refractivity contribution in [2.24, 2.45) is 0 Å². The van der Waals surface area contributed by atoms with E-state index >= 15 is 0 Å². The first kappa shape index (κ1) is 18.6. The fourth-order valence-corrected chi connectivity index (χ4v) is 2.93. The maximum Gasteiger partial charge on any atom is 0.248 e. The van der Waals surface area contributed by atoms with Crippen LogP contribution in [0.15, 0.2) is 0 Å². The predicted octanol–water partition coefficient (Wildman–Crippen LogP) is 3.59. The molecule has 0 aromatic heterocycles. The Morgan fingerprint density at radius 3 is 2.21 bits per heavy atom. The average molecular weight is 289 g/mol. The molecule has 0 radical (unpaired) electrons. The SMILES string of the molecule is CCC[C@H](CC(=O)N(C)OC)O[Si](C)(C)C(C)(C)C. The molecule has 0 N–H and O–H groups in total. The monoisotopic (exact) mass is 289 g/mol. The van der Waals surface area contributed by atoms with E-state index in [-0.39, 0.29) is 17.0 Å². The molecule has 0 rings (SSSR count). The van der Waals surface area contributed by atoms with Gasteiger partial charge in [0.15, 0.2) is 8.32 Å². The van der Waals surface area contributed by atoms with E-state index in [0.29, 0.717) is 6.42 Å². The van der Waals surface area contributed by atoms with Gasteiger partial charge in [-0.25, -0.2) is 5.06 Å². The van der Waals surface area contributed by atoms with Crippen molar-refractivity contribution in [2.45, 2.75) is 71.2 Å². The minimum absolute atomic E-state index is 0.00371. The Morgan fingerprint density at radius 1 is 1.32 bits per heavy atom. The number of rotatable bonds is 7. The number of amides is 1. The van der Waals surface area contributed by atoms with Crippen molar-refractivity contribution >= 4 is 14.2 Å². The Labute approximate surface area is 119 Å². The van der Waals surface area contributed by atoms with Crippen LogP contribution in [0.1, 0.15) is 47.0 Å². The number of hydrogen-bond donors (Lipinski definition) is 0. The normalized spacial score (nSPS) is 14.3. The van der Waals surface area contributed by atoms with E-state index in [1.807, 2.05) is 0 Å². The molecule has 114 valence electrons. The first-order valence-corrected chi connectivity index (χ1v) is 9.94. The lowest BCUT2D eigenvalue weighted by atomic mass is 10.1. The number of nitrogens with zero attached hydrogens (tertiary/aromatic N) is 1. The van der Waals surface area contributed by atoms with Crippen LogP contribution >= 0.6 is 0 Å². The van der Waals surface area contributed by atoms with E-state index < -0.39 is 8.32 Å². The molecule has 0 aromatic carbocycles. The highest BCUT2D eigenvalue weighted by Gasteiger charge is 2.39. The zero-order valence-electron chi connectivity index (χ0n) is 13.9. The smallest absolute Gasteiger partial charge is 0.248 e. The maximum absolute atomic E-state index is 11.9. The fourth-order valence-electron chi connectivity index (χ4n) is 1.54. The predicted molar refractivity (Wildman–Crippen MR) is 81.4 cm³/mol. The third-order valence-corrected chi connectivity index (χ3v) is 8.44. The second-order valence-corrected chi connectivity index (χ2v) is 11.3. The van der Waals surface area contributed by atoms with Gasteiger partial charge < -0.3 is 4.43 Å². The van der Waals surface area contributed by atoms with E-state index in [0.717, 1.165) is 12.8 Å². The Bertz CT molecular complexity index is 287. The van der Waals surface area contributed by atoms with Crippen molar-refractivity contribution in [1.82, 2.24) is 5.06 Å². The van der Waals surface area contributed by atoms with Crippen molar-refractivity contribution in [3.8, 4) is 0 Å². The lowest BCUT2D eigenvalue weighted by Gasteiger charge is -2.39. The lowest BCUT2D eigenvalue weighted by molar-refractivity contribution is -0.170. The van der Waals surface area contributed by atoms with Gasteiger partial charge in [0.25, 0.3) is 0 Å². The van der Waals surface area contributed by atoms with Gasteiger partial charge in [-0.05, 0) is 24.6 Å². The number of hydroxylamine groups is 2. The van der Waals surface area contributed by atoms with Crippen molar-refractivity contribution in [3.63, 3.8) is 0 Å². The van der Waals surface area contributed by atoms with Gasteiger partial charge in [0.05, 0.1) is 19.6 Å². The Balaban J connectivity index is 4.71. The van der Waals surface area contributed by atoms with E-state index in [4.69, 9.17) is 9.26 Å². The first-order chi connectivity index (χ1) is 8.55. The lowest BCUT2D eigenvalue weighted by Crippen LogP contribution is -2.45. The molecular weight excluding hydrogens is 258 g/mol. The van der Waals surface area contributed by atoms with Gasteiger partial charge in [0.2, 0.25) is 5.91 Å². The van der Waals surface area contributed by atoms with E-state index in [1.165, 1.54) is 12.2 Å². The molecule has 5 heteroatoms. The standard InChI is InChI=1S/C14H31NO3Si/c1-9-10-12(11-13(16)15(5)17-6)18-19(7,8)14(2,3)4/h12H,9-11H2,1-8H3/t12-/m1/s1. The fraction of sp³-hybridized carbons (Fsp3) is 0.929. The molecule has 4 nitrogen and oxygen atoms in total. The highest BCUT2D eigenvalue weighted by molar-refractivity contribution is 6.74. The first-order valence-electron chi connectivity index (χ1n) is 7.03. The zero-order valence-corrected chi connectivity index (χ0v) is 14.9. The van der Waals surface area contributed by atoms with E-state index in [1.54, 1.807) is 7.05 Å². The molecule has 0 spiro atoms. The van der Waals surface area contributed by atoms with Crippen LogP contribution in [0, 0.1) is 0 Å². The van der Waals surface area contributed by atoms with Crippen LogP contribution in [0.4, 0.5) is 0 Å². The summed E-state index contributed by atoms with van der Waals surface area (Å²) < 4.78 is 6.34. The summed E-state index contributed by atoms with van der Waals surface area (Å²) in [7, 11) is 1.31. The minimum Gasteiger partial charge on any atom is -0.413 e. The number of carbonyl (C=O) groups is 1. The summed E-state index contributed by atoms with van der Waals surface area (Å²) in [5.74, 6) is -0.0281. The molecule has 19 heavy (non-hydrogen) atoms. The molecule has 1 amide bonds. The van der Waals surface area contributed by atoms with Crippen LogP contribution in [0.3, 0.4) is 0 Å². The second kappa shape index (κ2) is 7.41. The third kappa shape index (κ3) is 6.06. The summed E-state index contributed by atoms with van der Waals surface area (Å²) in [5.41, 5.74) is 0. The molecule has 0 fully saturated rings. The van der Waals surface area contributed by atoms with Crippen molar-refractivity contribution < 1.29 is 14.1 Å². The molecule has 0 aliphatic heterocycles. The minimum atomic E-state index is -1.83. The quantitative estimate of drug-likeness (QED) is 0.531. The summed E-state index contributed by atoms with van der Waals surface area (Å²) in [6.45, 7) is 13.2. The highest BCUT2D eigenvalue weighted by atomic mass is 28.4. The van der Waals surface area contributed by atoms with Gasteiger partial charge in [-0.3, -0.25) is 9.63 Å². The molecular formula is C14H31NO3Si.